The first-order valence-corrected chi connectivity index (χ1v) is 11.9. The van der Waals surface area contributed by atoms with Crippen LogP contribution in [0.3, 0.4) is 0 Å². The van der Waals surface area contributed by atoms with E-state index in [1.165, 1.54) is 5.56 Å². The first-order chi connectivity index (χ1) is 16.0. The summed E-state index contributed by atoms with van der Waals surface area (Å²) in [6.45, 7) is 9.27. The van der Waals surface area contributed by atoms with Gasteiger partial charge in [0.15, 0.2) is 5.11 Å². The van der Waals surface area contributed by atoms with Crippen LogP contribution in [0.1, 0.15) is 31.4 Å². The number of benzene rings is 2. The van der Waals surface area contributed by atoms with Crippen LogP contribution in [0.5, 0.6) is 5.75 Å². The summed E-state index contributed by atoms with van der Waals surface area (Å²) in [5, 5.41) is 4.97. The normalized spacial score (nSPS) is 11.0. The maximum atomic E-state index is 12.8. The predicted octanol–water partition coefficient (Wildman–Crippen LogP) is 4.15. The van der Waals surface area contributed by atoms with Crippen LogP contribution in [0.4, 0.5) is 0 Å². The van der Waals surface area contributed by atoms with E-state index in [0.717, 1.165) is 49.3 Å². The molecule has 0 aliphatic heterocycles. The third-order valence-corrected chi connectivity index (χ3v) is 6.26. The van der Waals surface area contributed by atoms with Crippen molar-refractivity contribution in [3.8, 4) is 5.75 Å². The molecule has 176 valence electrons. The lowest BCUT2D eigenvalue weighted by Gasteiger charge is -2.27. The Morgan fingerprint density at radius 3 is 2.52 bits per heavy atom. The van der Waals surface area contributed by atoms with E-state index < -0.39 is 0 Å². The smallest absolute Gasteiger partial charge is 0.253 e. The Labute approximate surface area is 201 Å². The number of nitrogens with one attached hydrogen (secondary N) is 2. The minimum Gasteiger partial charge on any atom is -0.497 e. The van der Waals surface area contributed by atoms with Gasteiger partial charge in [0.2, 0.25) is 0 Å². The molecule has 0 spiro atoms. The number of H-pyrrole nitrogens is 1. The Kier molecular flexibility index (Phi) is 9.27. The zero-order valence-corrected chi connectivity index (χ0v) is 20.6. The fourth-order valence-electron chi connectivity index (χ4n) is 3.84. The number of ether oxygens (including phenoxy) is 1. The van der Waals surface area contributed by atoms with Crippen LogP contribution >= 0.6 is 12.2 Å². The van der Waals surface area contributed by atoms with E-state index in [0.29, 0.717) is 23.8 Å². The summed E-state index contributed by atoms with van der Waals surface area (Å²) in [6, 6.07) is 17.8. The number of aromatic nitrogens is 1. The van der Waals surface area contributed by atoms with E-state index in [1.54, 1.807) is 7.11 Å². The fraction of sp³-hybridized carbons (Fsp3) is 0.385. The molecule has 3 rings (SSSR count). The van der Waals surface area contributed by atoms with Crippen molar-refractivity contribution >= 4 is 28.2 Å². The molecule has 0 fully saturated rings. The molecule has 0 saturated heterocycles. The molecule has 2 N–H and O–H groups in total. The van der Waals surface area contributed by atoms with Gasteiger partial charge in [-0.15, -0.1) is 0 Å². The molecule has 1 aromatic heterocycles. The van der Waals surface area contributed by atoms with Gasteiger partial charge in [-0.3, -0.25) is 4.79 Å². The van der Waals surface area contributed by atoms with Crippen LogP contribution in [0.25, 0.3) is 10.9 Å². The molecule has 0 amide bonds. The maximum absolute atomic E-state index is 12.8. The second-order valence-electron chi connectivity index (χ2n) is 8.02. The van der Waals surface area contributed by atoms with E-state index in [1.807, 2.05) is 42.5 Å². The molecule has 0 aliphatic carbocycles. The average Bonchev–Trinajstić information content (AvgIpc) is 2.85. The Bertz CT molecular complexity index is 1100. The Hall–Kier alpha value is -2.90. The minimum absolute atomic E-state index is 0.0905. The third-order valence-electron chi connectivity index (χ3n) is 5.86. The van der Waals surface area contributed by atoms with Gasteiger partial charge in [-0.25, -0.2) is 0 Å². The van der Waals surface area contributed by atoms with E-state index >= 15 is 0 Å². The van der Waals surface area contributed by atoms with E-state index in [4.69, 9.17) is 17.0 Å². The molecule has 2 aromatic carbocycles. The van der Waals surface area contributed by atoms with Crippen molar-refractivity contribution in [2.45, 2.75) is 33.4 Å². The van der Waals surface area contributed by atoms with Gasteiger partial charge in [-0.1, -0.05) is 44.2 Å². The van der Waals surface area contributed by atoms with Gasteiger partial charge >= 0.3 is 0 Å². The number of fused-ring (bicyclic) bond motifs is 1. The second kappa shape index (κ2) is 12.4. The first-order valence-electron chi connectivity index (χ1n) is 11.5. The summed E-state index contributed by atoms with van der Waals surface area (Å²) >= 11 is 5.76. The number of hydrogen-bond donors (Lipinski definition) is 2. The number of pyridine rings is 1. The largest absolute Gasteiger partial charge is 0.497 e. The summed E-state index contributed by atoms with van der Waals surface area (Å²) in [7, 11) is 1.64. The molecule has 7 heteroatoms. The van der Waals surface area contributed by atoms with Gasteiger partial charge in [-0.2, -0.15) is 0 Å². The molecule has 0 bridgehead atoms. The highest BCUT2D eigenvalue weighted by molar-refractivity contribution is 7.80. The van der Waals surface area contributed by atoms with Crippen LogP contribution in [0.2, 0.25) is 0 Å². The average molecular weight is 467 g/mol. The van der Waals surface area contributed by atoms with Crippen LogP contribution in [0, 0.1) is 0 Å². The highest BCUT2D eigenvalue weighted by Crippen LogP contribution is 2.19. The maximum Gasteiger partial charge on any atom is 0.253 e. The van der Waals surface area contributed by atoms with Crippen LogP contribution in [-0.4, -0.2) is 53.2 Å². The number of methoxy groups -OCH3 is 1. The van der Waals surface area contributed by atoms with Crippen LogP contribution in [-0.2, 0) is 13.1 Å². The van der Waals surface area contributed by atoms with Gasteiger partial charge < -0.3 is 24.8 Å². The summed E-state index contributed by atoms with van der Waals surface area (Å²) < 4.78 is 5.34. The minimum atomic E-state index is -0.0905. The highest BCUT2D eigenvalue weighted by atomic mass is 32.1. The van der Waals surface area contributed by atoms with E-state index in [-0.39, 0.29) is 5.56 Å². The van der Waals surface area contributed by atoms with Crippen molar-refractivity contribution < 1.29 is 4.74 Å². The summed E-state index contributed by atoms with van der Waals surface area (Å²) in [5.74, 6) is 0.761. The van der Waals surface area contributed by atoms with Gasteiger partial charge in [0.1, 0.15) is 5.75 Å². The number of thiocarbonyl (C=S) groups is 1. The predicted molar refractivity (Wildman–Crippen MR) is 140 cm³/mol. The molecule has 0 unspecified atom stereocenters. The topological polar surface area (TPSA) is 60.6 Å². The van der Waals surface area contributed by atoms with E-state index in [9.17, 15) is 4.79 Å². The Morgan fingerprint density at radius 1 is 1.06 bits per heavy atom. The van der Waals surface area contributed by atoms with Crippen molar-refractivity contribution in [2.24, 2.45) is 0 Å². The van der Waals surface area contributed by atoms with Gasteiger partial charge in [0.05, 0.1) is 13.7 Å². The van der Waals surface area contributed by atoms with Gasteiger partial charge in [0.25, 0.3) is 5.56 Å². The summed E-state index contributed by atoms with van der Waals surface area (Å²) in [6.07, 6.45) is 0.966. The van der Waals surface area contributed by atoms with Gasteiger partial charge in [-0.05, 0) is 68.1 Å². The Balaban J connectivity index is 1.77. The van der Waals surface area contributed by atoms with Crippen molar-refractivity contribution in [3.63, 3.8) is 0 Å². The molecule has 33 heavy (non-hydrogen) atoms. The summed E-state index contributed by atoms with van der Waals surface area (Å²) in [4.78, 5) is 20.3. The molecule has 0 aliphatic rings. The Morgan fingerprint density at radius 2 is 1.82 bits per heavy atom. The van der Waals surface area contributed by atoms with E-state index in [2.05, 4.69) is 46.1 Å². The lowest BCUT2D eigenvalue weighted by Crippen LogP contribution is -2.41. The number of aromatic amines is 1. The molecule has 6 nitrogen and oxygen atoms in total. The SMILES string of the molecule is CCN(CC)CCCN(Cc1cc2cc(OC)ccc2[nH]c1=O)C(=S)NCc1ccccc1. The second-order valence-corrected chi connectivity index (χ2v) is 8.41. The number of nitrogens with zero attached hydrogens (tertiary/aromatic N) is 2. The lowest BCUT2D eigenvalue weighted by atomic mass is 10.1. The third kappa shape index (κ3) is 7.04. The standard InChI is InChI=1S/C26H34N4O2S/c1-4-29(5-2)14-9-15-30(26(33)27-18-20-10-7-6-8-11-20)19-22-16-21-17-23(32-3)12-13-24(21)28-25(22)31/h6-8,10-13,16-17H,4-5,9,14-15,18-19H2,1-3H3,(H,27,33)(H,28,31). The molecular weight excluding hydrogens is 432 g/mol. The highest BCUT2D eigenvalue weighted by Gasteiger charge is 2.14. The number of hydrogen-bond acceptors (Lipinski definition) is 4. The fourth-order valence-corrected chi connectivity index (χ4v) is 4.07. The van der Waals surface area contributed by atoms with Gasteiger partial charge in [0, 0.05) is 29.6 Å². The zero-order chi connectivity index (χ0) is 23.6. The van der Waals surface area contributed by atoms with Crippen LogP contribution < -0.4 is 15.6 Å². The quantitative estimate of drug-likeness (QED) is 0.414. The molecule has 0 radical (unpaired) electrons. The molecule has 3 aromatic rings. The van der Waals surface area contributed by atoms with Crippen molar-refractivity contribution in [3.05, 3.63) is 76.1 Å². The molecular formula is C26H34N4O2S. The van der Waals surface area contributed by atoms with Crippen molar-refractivity contribution in [1.82, 2.24) is 20.1 Å². The monoisotopic (exact) mass is 466 g/mol. The molecule has 0 atom stereocenters. The number of rotatable bonds is 11. The first kappa shape index (κ1) is 24.7. The van der Waals surface area contributed by atoms with Crippen molar-refractivity contribution in [2.75, 3.05) is 33.3 Å². The zero-order valence-electron chi connectivity index (χ0n) is 19.8. The summed E-state index contributed by atoms with van der Waals surface area (Å²) in [5.41, 5.74) is 2.55. The molecule has 0 saturated carbocycles. The molecule has 1 heterocycles. The lowest BCUT2D eigenvalue weighted by molar-refractivity contribution is 0.279. The van der Waals surface area contributed by atoms with Crippen LogP contribution in [0.15, 0.2) is 59.4 Å². The van der Waals surface area contributed by atoms with Crippen molar-refractivity contribution in [1.29, 1.82) is 0 Å².